The van der Waals surface area contributed by atoms with Crippen LogP contribution in [0, 0.1) is 5.92 Å². The molecule has 2 heteroatoms. The summed E-state index contributed by atoms with van der Waals surface area (Å²) in [6.45, 7) is 3.80. The lowest BCUT2D eigenvalue weighted by molar-refractivity contribution is -0.0142. The monoisotopic (exact) mass is 248 g/mol. The maximum Gasteiger partial charge on any atom is 0.0688 e. The maximum atomic E-state index is 10.8. The summed E-state index contributed by atoms with van der Waals surface area (Å²) in [5, 5.41) is 10.8. The molecule has 1 fully saturated rings. The molecule has 2 nitrogen and oxygen atoms in total. The Labute approximate surface area is 110 Å². The number of rotatable bonds is 5. The van der Waals surface area contributed by atoms with Crippen molar-refractivity contribution in [2.45, 2.75) is 44.6 Å². The van der Waals surface area contributed by atoms with E-state index in [1.165, 1.54) is 5.56 Å². The van der Waals surface area contributed by atoms with E-state index in [4.69, 9.17) is 4.74 Å². The summed E-state index contributed by atoms with van der Waals surface area (Å²) in [7, 11) is 0. The smallest absolute Gasteiger partial charge is 0.0688 e. The predicted molar refractivity (Wildman–Crippen MR) is 73.5 cm³/mol. The van der Waals surface area contributed by atoms with E-state index in [-0.39, 0.29) is 0 Å². The predicted octanol–water partition coefficient (Wildman–Crippen LogP) is 3.19. The second-order valence-corrected chi connectivity index (χ2v) is 5.50. The topological polar surface area (TPSA) is 29.5 Å². The molecule has 0 bridgehead atoms. The van der Waals surface area contributed by atoms with Crippen molar-refractivity contribution in [1.82, 2.24) is 0 Å². The lowest BCUT2D eigenvalue weighted by atomic mass is 9.81. The summed E-state index contributed by atoms with van der Waals surface area (Å²) in [4.78, 5) is 0. The standard InChI is InChI=1S/C16H24O2/c1-2-16(17,12-14-6-4-3-5-7-14)13-15-8-10-18-11-9-15/h3-7,15,17H,2,8-13H2,1H3. The van der Waals surface area contributed by atoms with Crippen molar-refractivity contribution < 1.29 is 9.84 Å². The Kier molecular flexibility index (Phi) is 4.79. The van der Waals surface area contributed by atoms with Crippen molar-refractivity contribution in [3.63, 3.8) is 0 Å². The maximum absolute atomic E-state index is 10.8. The van der Waals surface area contributed by atoms with Crippen molar-refractivity contribution in [2.75, 3.05) is 13.2 Å². The minimum absolute atomic E-state index is 0.552. The first kappa shape index (κ1) is 13.6. The average Bonchev–Trinajstić information content (AvgIpc) is 2.41. The molecule has 0 aromatic heterocycles. The van der Waals surface area contributed by atoms with Crippen LogP contribution in [-0.4, -0.2) is 23.9 Å². The quantitative estimate of drug-likeness (QED) is 0.867. The normalized spacial score (nSPS) is 20.6. The molecular weight excluding hydrogens is 224 g/mol. The Morgan fingerprint density at radius 1 is 1.22 bits per heavy atom. The van der Waals surface area contributed by atoms with Gasteiger partial charge in [0.15, 0.2) is 0 Å². The van der Waals surface area contributed by atoms with Crippen LogP contribution >= 0.6 is 0 Å². The summed E-state index contributed by atoms with van der Waals surface area (Å²) >= 11 is 0. The van der Waals surface area contributed by atoms with Crippen LogP contribution in [0.3, 0.4) is 0 Å². The van der Waals surface area contributed by atoms with Gasteiger partial charge in [-0.2, -0.15) is 0 Å². The molecule has 1 atom stereocenters. The van der Waals surface area contributed by atoms with Gasteiger partial charge < -0.3 is 9.84 Å². The van der Waals surface area contributed by atoms with Gasteiger partial charge in [0.2, 0.25) is 0 Å². The first-order chi connectivity index (χ1) is 8.72. The van der Waals surface area contributed by atoms with Gasteiger partial charge in [-0.15, -0.1) is 0 Å². The Morgan fingerprint density at radius 3 is 2.50 bits per heavy atom. The molecular formula is C16H24O2. The van der Waals surface area contributed by atoms with E-state index in [1.54, 1.807) is 0 Å². The second kappa shape index (κ2) is 6.35. The Hall–Kier alpha value is -0.860. The third-order valence-corrected chi connectivity index (χ3v) is 4.04. The highest BCUT2D eigenvalue weighted by Crippen LogP contribution is 2.30. The Morgan fingerprint density at radius 2 is 1.89 bits per heavy atom. The number of ether oxygens (including phenoxy) is 1. The van der Waals surface area contributed by atoms with E-state index < -0.39 is 5.60 Å². The Balaban J connectivity index is 1.96. The Bertz CT molecular complexity index is 343. The average molecular weight is 248 g/mol. The van der Waals surface area contributed by atoms with Gasteiger partial charge in [0.25, 0.3) is 0 Å². The molecule has 0 saturated carbocycles. The van der Waals surface area contributed by atoms with E-state index in [0.29, 0.717) is 5.92 Å². The summed E-state index contributed by atoms with van der Waals surface area (Å²) < 4.78 is 5.38. The third kappa shape index (κ3) is 3.82. The number of hydrogen-bond donors (Lipinski definition) is 1. The minimum atomic E-state index is -0.552. The molecule has 1 aromatic rings. The molecule has 1 aromatic carbocycles. The molecule has 0 amide bonds. The zero-order valence-corrected chi connectivity index (χ0v) is 11.3. The molecule has 1 N–H and O–H groups in total. The molecule has 0 radical (unpaired) electrons. The van der Waals surface area contributed by atoms with Gasteiger partial charge in [-0.25, -0.2) is 0 Å². The van der Waals surface area contributed by atoms with E-state index in [2.05, 4.69) is 19.1 Å². The van der Waals surface area contributed by atoms with Crippen molar-refractivity contribution in [3.05, 3.63) is 35.9 Å². The van der Waals surface area contributed by atoms with Gasteiger partial charge in [0, 0.05) is 19.6 Å². The highest BCUT2D eigenvalue weighted by Gasteiger charge is 2.29. The lowest BCUT2D eigenvalue weighted by Gasteiger charge is -2.33. The van der Waals surface area contributed by atoms with E-state index in [0.717, 1.165) is 45.3 Å². The van der Waals surface area contributed by atoms with Crippen molar-refractivity contribution in [3.8, 4) is 0 Å². The molecule has 1 heterocycles. The van der Waals surface area contributed by atoms with Crippen molar-refractivity contribution in [1.29, 1.82) is 0 Å². The third-order valence-electron chi connectivity index (χ3n) is 4.04. The second-order valence-electron chi connectivity index (χ2n) is 5.50. The lowest BCUT2D eigenvalue weighted by Crippen LogP contribution is -2.35. The fourth-order valence-corrected chi connectivity index (χ4v) is 2.81. The zero-order valence-electron chi connectivity index (χ0n) is 11.3. The van der Waals surface area contributed by atoms with Crippen LogP contribution in [0.2, 0.25) is 0 Å². The van der Waals surface area contributed by atoms with E-state index >= 15 is 0 Å². The highest BCUT2D eigenvalue weighted by atomic mass is 16.5. The van der Waals surface area contributed by atoms with E-state index in [1.807, 2.05) is 18.2 Å². The van der Waals surface area contributed by atoms with Crippen molar-refractivity contribution in [2.24, 2.45) is 5.92 Å². The number of aliphatic hydroxyl groups is 1. The van der Waals surface area contributed by atoms with Gasteiger partial charge in [-0.3, -0.25) is 0 Å². The first-order valence-corrected chi connectivity index (χ1v) is 7.06. The highest BCUT2D eigenvalue weighted by molar-refractivity contribution is 5.17. The van der Waals surface area contributed by atoms with Crippen LogP contribution < -0.4 is 0 Å². The van der Waals surface area contributed by atoms with Gasteiger partial charge in [0.05, 0.1) is 5.60 Å². The van der Waals surface area contributed by atoms with Crippen LogP contribution in [-0.2, 0) is 11.2 Å². The van der Waals surface area contributed by atoms with Gasteiger partial charge >= 0.3 is 0 Å². The fourth-order valence-electron chi connectivity index (χ4n) is 2.81. The molecule has 100 valence electrons. The van der Waals surface area contributed by atoms with Gasteiger partial charge in [-0.1, -0.05) is 37.3 Å². The zero-order chi connectivity index (χ0) is 12.8. The van der Waals surface area contributed by atoms with Crippen LogP contribution in [0.1, 0.15) is 38.2 Å². The van der Waals surface area contributed by atoms with Crippen LogP contribution in [0.4, 0.5) is 0 Å². The molecule has 1 aliphatic heterocycles. The molecule has 1 saturated heterocycles. The van der Waals surface area contributed by atoms with Gasteiger partial charge in [-0.05, 0) is 37.2 Å². The van der Waals surface area contributed by atoms with Crippen LogP contribution in [0.5, 0.6) is 0 Å². The summed E-state index contributed by atoms with van der Waals surface area (Å²) in [5.74, 6) is 0.618. The molecule has 1 unspecified atom stereocenters. The SMILES string of the molecule is CCC(O)(Cc1ccccc1)CC1CCOCC1. The fraction of sp³-hybridized carbons (Fsp3) is 0.625. The molecule has 18 heavy (non-hydrogen) atoms. The van der Waals surface area contributed by atoms with Gasteiger partial charge in [0.1, 0.15) is 0 Å². The van der Waals surface area contributed by atoms with Crippen LogP contribution in [0.15, 0.2) is 30.3 Å². The molecule has 2 rings (SSSR count). The summed E-state index contributed by atoms with van der Waals surface area (Å²) in [6, 6.07) is 10.3. The first-order valence-electron chi connectivity index (χ1n) is 7.06. The van der Waals surface area contributed by atoms with Crippen molar-refractivity contribution >= 4 is 0 Å². The molecule has 0 spiro atoms. The number of hydrogen-bond acceptors (Lipinski definition) is 2. The number of benzene rings is 1. The minimum Gasteiger partial charge on any atom is -0.390 e. The van der Waals surface area contributed by atoms with Crippen LogP contribution in [0.25, 0.3) is 0 Å². The van der Waals surface area contributed by atoms with E-state index in [9.17, 15) is 5.11 Å². The molecule has 0 aliphatic carbocycles. The summed E-state index contributed by atoms with van der Waals surface area (Å²) in [6.07, 6.45) is 4.68. The largest absolute Gasteiger partial charge is 0.390 e. The molecule has 1 aliphatic rings. The summed E-state index contributed by atoms with van der Waals surface area (Å²) in [5.41, 5.74) is 0.678.